The summed E-state index contributed by atoms with van der Waals surface area (Å²) in [7, 11) is 0. The number of carbonyl (C=O) groups is 4. The number of nitrogens with one attached hydrogen (secondary N) is 1. The van der Waals surface area contributed by atoms with Crippen LogP contribution in [0.15, 0.2) is 107 Å². The number of unbranched alkanes of at least 4 members (excludes halogenated alkanes) is 1. The largest absolute Gasteiger partial charge is 0.508 e. The molecular weight excluding hydrogens is 1570 g/mol. The van der Waals surface area contributed by atoms with Gasteiger partial charge in [0, 0.05) is 67.7 Å². The molecule has 1 aromatic heterocycles. The van der Waals surface area contributed by atoms with Crippen LogP contribution < -0.4 is 28.7 Å². The smallest absolute Gasteiger partial charge is 0.303 e. The van der Waals surface area contributed by atoms with E-state index in [1.165, 1.54) is 96.8 Å². The molecule has 2 amide bonds. The van der Waals surface area contributed by atoms with Crippen LogP contribution in [-0.2, 0) is 38.4 Å². The molecule has 4 aromatic rings. The summed E-state index contributed by atoms with van der Waals surface area (Å²) in [5, 5.41) is 26.6. The van der Waals surface area contributed by atoms with Crippen molar-refractivity contribution in [3.05, 3.63) is 114 Å². The molecule has 0 fully saturated rings. The number of carbonyl (C=O) groups excluding carboxylic acids is 2. The van der Waals surface area contributed by atoms with Gasteiger partial charge in [-0.05, 0) is 231 Å². The number of hydrogen-bond donors (Lipinski definition) is 9. The summed E-state index contributed by atoms with van der Waals surface area (Å²) in [6.45, 7) is 86.5. The van der Waals surface area contributed by atoms with Crippen molar-refractivity contribution in [3.8, 4) is 5.75 Å². The molecule has 3 aromatic carbocycles. The van der Waals surface area contributed by atoms with E-state index in [9.17, 15) is 19.2 Å². The SMILES string of the molecule is CC(C)C.CC(C)C(C)C.CC(C)CC(=O)O.CC(C)CC(C)C.CC(C)CC(N)=O.CC(C)CC1=CCC=N1.CC(C)CCC(=O)O.CC(C)CCC(N)=O.CC(C)CCCCN.CC(C)CCCN=C(N)N.CC(C)Cc1c[nH]c2ccccc12.CC(C)Cc1ccc(O)cc1.CC(C)Cc1ccccc1.CCC.CCC(C)C(C)C.CSCCC(C)C. The van der Waals surface area contributed by atoms with Crippen LogP contribution in [0.1, 0.15) is 396 Å². The molecule has 2 heterocycles. The molecule has 1 aliphatic rings. The maximum atomic E-state index is 10.1. The number of rotatable bonds is 34. The molecule has 125 heavy (non-hydrogen) atoms. The van der Waals surface area contributed by atoms with Gasteiger partial charge in [-0.25, -0.2) is 0 Å². The zero-order chi connectivity index (χ0) is 99.7. The zero-order valence-corrected chi connectivity index (χ0v) is 90.4. The molecule has 16 heteroatoms. The Morgan fingerprint density at radius 1 is 0.448 bits per heavy atom. The Balaban J connectivity index is -0.000000124. The molecule has 15 nitrogen and oxygen atoms in total. The predicted octanol–water partition coefficient (Wildman–Crippen LogP) is 30.9. The van der Waals surface area contributed by atoms with Gasteiger partial charge in [0.2, 0.25) is 11.8 Å². The van der Waals surface area contributed by atoms with Crippen LogP contribution in [-0.4, -0.2) is 81.3 Å². The number of guanidine groups is 1. The molecule has 0 saturated carbocycles. The van der Waals surface area contributed by atoms with E-state index in [0.29, 0.717) is 48.7 Å². The Kier molecular flexibility index (Phi) is 114. The number of amides is 2. The van der Waals surface area contributed by atoms with Gasteiger partial charge >= 0.3 is 11.9 Å². The number of H-pyrrole nitrogens is 1. The molecule has 5 rings (SSSR count). The zero-order valence-electron chi connectivity index (χ0n) is 89.6. The average molecular weight is 1780 g/mol. The predicted molar refractivity (Wildman–Crippen MR) is 565 cm³/mol. The van der Waals surface area contributed by atoms with Crippen molar-refractivity contribution in [2.24, 2.45) is 145 Å². The van der Waals surface area contributed by atoms with Crippen LogP contribution in [0, 0.1) is 107 Å². The first-order valence-electron chi connectivity index (χ1n) is 48.6. The standard InChI is InChI=1S/C12H15N.C10H14O.C10H14.C8H13N.C7H17N3.C7H17N.2C7H16.C6H13NO.C6H12O2.C6H14S.C6H14.C5H11NO.C5H10O2.C4H10.C3H8/c1-9(2)7-10-8-13-12-6-4-3-5-11(10)12;1-8(2)7-9-3-5-10(11)6-4-9;1-9(2)8-10-6-4-3-5-7-10;1-7(2)6-8-4-3-5-9-8;1-6(2)4-3-5-10-7(8)9;1-7(2)5-3-4-6-8;1-6(2)5-7(3)4;1-5-7(4)6(2)3;2*1-5(2)3-4-6(7)8;1-6(2)4-5-7-3;1-5(2)6(3)4;2*1-4(2)3-5(6)7;1-4(2)3;1-3-2/h3-6,8-9,13H,7H2,1-2H3;3-6,8,11H,7H2,1-2H3;3-7,9H,8H2,1-2H3;4-5,7H,3,6H2,1-2H3;6H,3-5H2,1-2H3,(H4,8,9,10);7H,3-6,8H2,1-2H3;2*6-7H,5H2,1-4H3;5H,3-4H2,1-2H3,(H2,7,8);5H,3-4H2,1-2H3,(H,7,8);6H,4-5H2,1-3H3;5-6H,1-4H3;4H,3H2,1-2H3,(H2,6,7);4H,3H2,1-2H3,(H,6,7);4H,1-3H3;3H2,1-2H3. The van der Waals surface area contributed by atoms with E-state index in [2.05, 4.69) is 317 Å². The molecule has 0 saturated heterocycles. The number of aromatic amines is 1. The van der Waals surface area contributed by atoms with Crippen LogP contribution in [0.2, 0.25) is 0 Å². The topological polar surface area (TPSA) is 300 Å². The van der Waals surface area contributed by atoms with Crippen molar-refractivity contribution in [3.63, 3.8) is 0 Å². The summed E-state index contributed by atoms with van der Waals surface area (Å²) in [5.74, 6) is 13.3. The monoisotopic (exact) mass is 1780 g/mol. The lowest BCUT2D eigenvalue weighted by Crippen LogP contribution is -2.22. The first-order chi connectivity index (χ1) is 57.8. The van der Waals surface area contributed by atoms with Gasteiger partial charge in [-0.1, -0.05) is 362 Å². The fraction of sp³-hybridized carbons (Fsp3) is 0.743. The van der Waals surface area contributed by atoms with E-state index in [1.54, 1.807) is 12.1 Å². The molecule has 1 unspecified atom stereocenters. The Morgan fingerprint density at radius 3 is 1.12 bits per heavy atom. The Bertz CT molecular complexity index is 2920. The second kappa shape index (κ2) is 100. The summed E-state index contributed by atoms with van der Waals surface area (Å²) >= 11 is 1.93. The van der Waals surface area contributed by atoms with Gasteiger partial charge < -0.3 is 49.0 Å². The summed E-state index contributed by atoms with van der Waals surface area (Å²) in [5.41, 5.74) is 32.0. The highest BCUT2D eigenvalue weighted by atomic mass is 32.2. The molecule has 0 bridgehead atoms. The molecule has 0 radical (unpaired) electrons. The molecule has 14 N–H and O–H groups in total. The number of carboxylic acids is 2. The van der Waals surface area contributed by atoms with E-state index in [1.807, 2.05) is 71.7 Å². The van der Waals surface area contributed by atoms with E-state index < -0.39 is 11.9 Å². The van der Waals surface area contributed by atoms with Crippen LogP contribution in [0.25, 0.3) is 10.9 Å². The van der Waals surface area contributed by atoms with Crippen LogP contribution in [0.4, 0.5) is 0 Å². The first kappa shape index (κ1) is 142. The van der Waals surface area contributed by atoms with E-state index >= 15 is 0 Å². The number of aromatic hydroxyl groups is 1. The third-order valence-electron chi connectivity index (χ3n) is 17.2. The molecule has 0 spiro atoms. The van der Waals surface area contributed by atoms with Crippen molar-refractivity contribution < 1.29 is 34.5 Å². The van der Waals surface area contributed by atoms with E-state index in [4.69, 9.17) is 44.0 Å². The summed E-state index contributed by atoms with van der Waals surface area (Å²) in [6, 6.07) is 26.5. The van der Waals surface area contributed by atoms with Gasteiger partial charge in [0.25, 0.3) is 0 Å². The van der Waals surface area contributed by atoms with Crippen molar-refractivity contribution in [1.29, 1.82) is 0 Å². The highest BCUT2D eigenvalue weighted by Crippen LogP contribution is 2.21. The van der Waals surface area contributed by atoms with Gasteiger partial charge in [-0.3, -0.25) is 29.2 Å². The quantitative estimate of drug-likeness (QED) is 0.0120. The number of benzene rings is 3. The number of para-hydroxylation sites is 1. The number of carboxylic acid groups (broad SMARTS) is 2. The van der Waals surface area contributed by atoms with Crippen molar-refractivity contribution in [1.82, 2.24) is 4.98 Å². The molecule has 1 aliphatic heterocycles. The van der Waals surface area contributed by atoms with Gasteiger partial charge in [0.05, 0.1) is 0 Å². The first-order valence-corrected chi connectivity index (χ1v) is 50.0. The fourth-order valence-electron chi connectivity index (χ4n) is 9.66. The number of allylic oxidation sites excluding steroid dienone is 2. The summed E-state index contributed by atoms with van der Waals surface area (Å²) in [4.78, 5) is 51.2. The minimum atomic E-state index is -0.713. The molecule has 0 aliphatic carbocycles. The number of aromatic nitrogens is 1. The number of phenolic OH excluding ortho intramolecular Hbond substituents is 1. The Labute approximate surface area is 781 Å². The average Bonchev–Trinajstić information content (AvgIpc) is 1.70. The maximum Gasteiger partial charge on any atom is 0.303 e. The molecular formula is C109H214N8O7S. The number of aliphatic imine (C=N–C) groups is 2. The number of thioether (sulfide) groups is 1. The molecule has 738 valence electrons. The van der Waals surface area contributed by atoms with Gasteiger partial charge in [-0.2, -0.15) is 11.8 Å². The minimum Gasteiger partial charge on any atom is -0.508 e. The number of nitrogens with two attached hydrogens (primary N) is 5. The number of nitrogens with zero attached hydrogens (tertiary/aromatic N) is 2. The molecule has 1 atom stereocenters. The fourth-order valence-corrected chi connectivity index (χ4v) is 10.4. The third-order valence-corrected chi connectivity index (χ3v) is 17.9. The van der Waals surface area contributed by atoms with Crippen molar-refractivity contribution in [2.45, 2.75) is 398 Å². The lowest BCUT2D eigenvalue weighted by atomic mass is 9.96. The second-order valence-electron chi connectivity index (χ2n) is 40.2. The van der Waals surface area contributed by atoms with E-state index in [0.717, 1.165) is 135 Å². The van der Waals surface area contributed by atoms with Gasteiger partial charge in [0.1, 0.15) is 5.75 Å². The summed E-state index contributed by atoms with van der Waals surface area (Å²) in [6.07, 6.45) is 28.8. The number of primary amides is 2. The Morgan fingerprint density at radius 2 is 0.856 bits per heavy atom. The highest BCUT2D eigenvalue weighted by Gasteiger charge is 2.07. The van der Waals surface area contributed by atoms with Crippen molar-refractivity contribution >= 4 is 58.6 Å². The van der Waals surface area contributed by atoms with Crippen LogP contribution in [0.3, 0.4) is 0 Å². The van der Waals surface area contributed by atoms with Crippen molar-refractivity contribution in [2.75, 3.05) is 25.1 Å². The Hall–Kier alpha value is -6.13. The van der Waals surface area contributed by atoms with Gasteiger partial charge in [0.15, 0.2) is 5.96 Å². The van der Waals surface area contributed by atoms with Crippen LogP contribution in [0.5, 0.6) is 5.75 Å². The second-order valence-corrected chi connectivity index (χ2v) is 41.2. The number of aliphatic carboxylic acids is 2. The summed E-state index contributed by atoms with van der Waals surface area (Å²) < 4.78 is 0. The minimum absolute atomic E-state index is 0.196. The third kappa shape index (κ3) is 150. The normalized spacial score (nSPS) is 10.9. The van der Waals surface area contributed by atoms with Crippen LogP contribution >= 0.6 is 11.8 Å². The highest BCUT2D eigenvalue weighted by molar-refractivity contribution is 7.98. The lowest BCUT2D eigenvalue weighted by Gasteiger charge is -2.10. The van der Waals surface area contributed by atoms with Gasteiger partial charge in [-0.15, -0.1) is 0 Å². The lowest BCUT2D eigenvalue weighted by molar-refractivity contribution is -0.138. The maximum absolute atomic E-state index is 10.1. The van der Waals surface area contributed by atoms with E-state index in [-0.39, 0.29) is 30.1 Å². The number of fused-ring (bicyclic) bond motifs is 1. The number of hydrogen-bond acceptors (Lipinski definition) is 9. The number of phenols is 1.